The molecule has 0 radical (unpaired) electrons. The van der Waals surface area contributed by atoms with Crippen molar-refractivity contribution in [2.45, 2.75) is 19.9 Å². The summed E-state index contributed by atoms with van der Waals surface area (Å²) in [7, 11) is 0. The van der Waals surface area contributed by atoms with Crippen molar-refractivity contribution in [1.82, 2.24) is 24.9 Å². The van der Waals surface area contributed by atoms with Crippen LogP contribution in [0, 0.1) is 18.3 Å². The van der Waals surface area contributed by atoms with E-state index in [9.17, 15) is 4.79 Å². The van der Waals surface area contributed by atoms with E-state index in [2.05, 4.69) is 35.6 Å². The van der Waals surface area contributed by atoms with Crippen LogP contribution < -0.4 is 10.6 Å². The Hall–Kier alpha value is -4.71. The topological polar surface area (TPSA) is 129 Å². The molecule has 1 aromatic carbocycles. The average molecular weight is 436 g/mol. The van der Waals surface area contributed by atoms with Gasteiger partial charge in [-0.2, -0.15) is 5.26 Å². The Morgan fingerprint density at radius 2 is 1.88 bits per heavy atom. The maximum absolute atomic E-state index is 12.5. The summed E-state index contributed by atoms with van der Waals surface area (Å²) in [5, 5.41) is 15.2. The standard InChI is InChI=1S/C24H20N8O/c1-15-8-18(12-26-11-15)24(33)30-19-5-3-4-17(9-19)16(2)29-23-14-27-13-21(32-23)20-6-7-28-22(10-25)31-20/h3-9,11-14,16H,1-2H3,(H,29,32)(H,30,33). The normalized spacial score (nSPS) is 11.3. The summed E-state index contributed by atoms with van der Waals surface area (Å²) < 4.78 is 0. The number of anilines is 2. The van der Waals surface area contributed by atoms with E-state index in [0.717, 1.165) is 11.1 Å². The van der Waals surface area contributed by atoms with Crippen molar-refractivity contribution in [3.63, 3.8) is 0 Å². The number of benzene rings is 1. The van der Waals surface area contributed by atoms with Gasteiger partial charge in [-0.3, -0.25) is 14.8 Å². The molecule has 4 aromatic rings. The molecule has 0 spiro atoms. The molecule has 1 amide bonds. The van der Waals surface area contributed by atoms with Gasteiger partial charge in [0, 0.05) is 24.3 Å². The first-order chi connectivity index (χ1) is 16.0. The number of aryl methyl sites for hydroxylation is 1. The number of pyridine rings is 1. The number of hydrogen-bond donors (Lipinski definition) is 2. The van der Waals surface area contributed by atoms with E-state index in [4.69, 9.17) is 5.26 Å². The molecule has 3 heterocycles. The molecule has 1 unspecified atom stereocenters. The van der Waals surface area contributed by atoms with Gasteiger partial charge < -0.3 is 10.6 Å². The zero-order valence-electron chi connectivity index (χ0n) is 18.0. The van der Waals surface area contributed by atoms with Crippen molar-refractivity contribution in [2.75, 3.05) is 10.6 Å². The molecular formula is C24H20N8O. The molecule has 2 N–H and O–H groups in total. The van der Waals surface area contributed by atoms with Crippen molar-refractivity contribution in [2.24, 2.45) is 0 Å². The van der Waals surface area contributed by atoms with Crippen LogP contribution in [0.4, 0.5) is 11.5 Å². The molecule has 9 heteroatoms. The molecule has 1 atom stereocenters. The second kappa shape index (κ2) is 9.62. The summed E-state index contributed by atoms with van der Waals surface area (Å²) in [6.07, 6.45) is 7.95. The number of nitrogens with one attached hydrogen (secondary N) is 2. The van der Waals surface area contributed by atoms with E-state index in [-0.39, 0.29) is 17.8 Å². The molecule has 0 saturated carbocycles. The van der Waals surface area contributed by atoms with E-state index in [1.807, 2.05) is 44.2 Å². The van der Waals surface area contributed by atoms with E-state index in [1.54, 1.807) is 36.9 Å². The molecule has 0 fully saturated rings. The van der Waals surface area contributed by atoms with Gasteiger partial charge in [-0.25, -0.2) is 15.0 Å². The minimum Gasteiger partial charge on any atom is -0.362 e. The van der Waals surface area contributed by atoms with Crippen LogP contribution in [0.5, 0.6) is 0 Å². The number of rotatable bonds is 6. The highest BCUT2D eigenvalue weighted by Crippen LogP contribution is 2.22. The minimum atomic E-state index is -0.218. The van der Waals surface area contributed by atoms with Gasteiger partial charge in [0.05, 0.1) is 29.7 Å². The van der Waals surface area contributed by atoms with Gasteiger partial charge in [-0.15, -0.1) is 0 Å². The van der Waals surface area contributed by atoms with E-state index < -0.39 is 0 Å². The highest BCUT2D eigenvalue weighted by atomic mass is 16.1. The molecule has 4 rings (SSSR count). The molecular weight excluding hydrogens is 416 g/mol. The molecule has 162 valence electrons. The fourth-order valence-electron chi connectivity index (χ4n) is 3.19. The molecule has 0 aliphatic rings. The van der Waals surface area contributed by atoms with Crippen LogP contribution in [0.1, 0.15) is 40.3 Å². The molecule has 9 nitrogen and oxygen atoms in total. The van der Waals surface area contributed by atoms with Gasteiger partial charge in [0.25, 0.3) is 5.91 Å². The lowest BCUT2D eigenvalue weighted by atomic mass is 10.1. The number of carbonyl (C=O) groups is 1. The lowest BCUT2D eigenvalue weighted by Crippen LogP contribution is -2.13. The fraction of sp³-hybridized carbons (Fsp3) is 0.125. The number of nitriles is 1. The second-order valence-corrected chi connectivity index (χ2v) is 7.36. The van der Waals surface area contributed by atoms with E-state index in [1.165, 1.54) is 6.20 Å². The van der Waals surface area contributed by atoms with Crippen LogP contribution in [0.15, 0.2) is 67.4 Å². The SMILES string of the molecule is Cc1cncc(C(=O)Nc2cccc(C(C)Nc3cncc(-c4ccnc(C#N)n4)n3)c2)c1. The van der Waals surface area contributed by atoms with Crippen LogP contribution >= 0.6 is 0 Å². The average Bonchev–Trinajstić information content (AvgIpc) is 2.84. The van der Waals surface area contributed by atoms with Gasteiger partial charge in [0.2, 0.25) is 5.82 Å². The predicted molar refractivity (Wildman–Crippen MR) is 123 cm³/mol. The van der Waals surface area contributed by atoms with Crippen LogP contribution in [-0.2, 0) is 0 Å². The minimum absolute atomic E-state index is 0.0707. The first kappa shape index (κ1) is 21.5. The van der Waals surface area contributed by atoms with Gasteiger partial charge in [-0.1, -0.05) is 12.1 Å². The van der Waals surface area contributed by atoms with Crippen LogP contribution in [0.2, 0.25) is 0 Å². The molecule has 0 aliphatic heterocycles. The summed E-state index contributed by atoms with van der Waals surface area (Å²) in [4.78, 5) is 33.4. The number of aromatic nitrogens is 5. The van der Waals surface area contributed by atoms with E-state index in [0.29, 0.717) is 28.5 Å². The van der Waals surface area contributed by atoms with Crippen molar-refractivity contribution < 1.29 is 4.79 Å². The Labute approximate surface area is 190 Å². The molecule has 0 bridgehead atoms. The number of hydrogen-bond acceptors (Lipinski definition) is 8. The zero-order chi connectivity index (χ0) is 23.2. The fourth-order valence-corrected chi connectivity index (χ4v) is 3.19. The summed E-state index contributed by atoms with van der Waals surface area (Å²) in [6.45, 7) is 3.88. The number of amides is 1. The molecule has 0 saturated heterocycles. The number of nitrogens with zero attached hydrogens (tertiary/aromatic N) is 6. The van der Waals surface area contributed by atoms with Gasteiger partial charge in [0.1, 0.15) is 17.6 Å². The Kier molecular flexibility index (Phi) is 6.27. The third-order valence-corrected chi connectivity index (χ3v) is 4.80. The Bertz CT molecular complexity index is 1350. The summed E-state index contributed by atoms with van der Waals surface area (Å²) >= 11 is 0. The lowest BCUT2D eigenvalue weighted by molar-refractivity contribution is 0.102. The maximum Gasteiger partial charge on any atom is 0.257 e. The maximum atomic E-state index is 12.5. The monoisotopic (exact) mass is 436 g/mol. The first-order valence-electron chi connectivity index (χ1n) is 10.2. The first-order valence-corrected chi connectivity index (χ1v) is 10.2. The van der Waals surface area contributed by atoms with Crippen LogP contribution in [0.25, 0.3) is 11.4 Å². The Morgan fingerprint density at radius 3 is 2.70 bits per heavy atom. The largest absolute Gasteiger partial charge is 0.362 e. The highest BCUT2D eigenvalue weighted by molar-refractivity contribution is 6.04. The van der Waals surface area contributed by atoms with Gasteiger partial charge in [0.15, 0.2) is 0 Å². The number of carbonyl (C=O) groups excluding carboxylic acids is 1. The quantitative estimate of drug-likeness (QED) is 0.465. The zero-order valence-corrected chi connectivity index (χ0v) is 18.0. The predicted octanol–water partition coefficient (Wildman–Crippen LogP) is 3.93. The van der Waals surface area contributed by atoms with Crippen molar-refractivity contribution in [3.8, 4) is 17.5 Å². The molecule has 3 aromatic heterocycles. The molecule has 33 heavy (non-hydrogen) atoms. The Balaban J connectivity index is 1.48. The van der Waals surface area contributed by atoms with Gasteiger partial charge >= 0.3 is 0 Å². The lowest BCUT2D eigenvalue weighted by Gasteiger charge is -2.16. The molecule has 0 aliphatic carbocycles. The smallest absolute Gasteiger partial charge is 0.257 e. The van der Waals surface area contributed by atoms with Crippen molar-refractivity contribution in [1.29, 1.82) is 5.26 Å². The van der Waals surface area contributed by atoms with Gasteiger partial charge in [-0.05, 0) is 49.2 Å². The third kappa shape index (κ3) is 5.32. The third-order valence-electron chi connectivity index (χ3n) is 4.80. The summed E-state index contributed by atoms with van der Waals surface area (Å²) in [5.41, 5.74) is 4.10. The van der Waals surface area contributed by atoms with Crippen LogP contribution in [-0.4, -0.2) is 30.8 Å². The van der Waals surface area contributed by atoms with Crippen molar-refractivity contribution >= 4 is 17.4 Å². The second-order valence-electron chi connectivity index (χ2n) is 7.36. The summed E-state index contributed by atoms with van der Waals surface area (Å²) in [5.74, 6) is 0.405. The van der Waals surface area contributed by atoms with Crippen molar-refractivity contribution in [3.05, 3.63) is 89.9 Å². The summed E-state index contributed by atoms with van der Waals surface area (Å²) in [6, 6.07) is 12.8. The Morgan fingerprint density at radius 1 is 1.03 bits per heavy atom. The van der Waals surface area contributed by atoms with Crippen LogP contribution in [0.3, 0.4) is 0 Å². The van der Waals surface area contributed by atoms with E-state index >= 15 is 0 Å². The highest BCUT2D eigenvalue weighted by Gasteiger charge is 2.12.